The topological polar surface area (TPSA) is 62.7 Å². The fourth-order valence-electron chi connectivity index (χ4n) is 1.73. The van der Waals surface area contributed by atoms with Crippen molar-refractivity contribution < 1.29 is 9.53 Å². The Morgan fingerprint density at radius 1 is 1.23 bits per heavy atom. The molecule has 0 atom stereocenters. The molecule has 2 N–H and O–H groups in total. The lowest BCUT2D eigenvalue weighted by molar-refractivity contribution is 0.252. The van der Waals surface area contributed by atoms with Crippen molar-refractivity contribution >= 4 is 29.5 Å². The maximum absolute atomic E-state index is 11.7. The Morgan fingerprint density at radius 2 is 1.95 bits per heavy atom. The molecular weight excluding hydrogens is 302 g/mol. The highest BCUT2D eigenvalue weighted by Crippen LogP contribution is 2.15. The van der Waals surface area contributed by atoms with Gasteiger partial charge in [-0.25, -0.2) is 10.2 Å². The molecule has 2 aromatic rings. The lowest BCUT2D eigenvalue weighted by atomic mass is 10.2. The standard InChI is InChI=1S/C16H16ClN3O2/c1-2-22-15-6-4-3-5-12(15)11-18-20-16(21)19-14-9-7-13(17)8-10-14/h3-11H,2H2,1H3,(H2,19,20,21)/b18-11-. The van der Waals surface area contributed by atoms with Crippen LogP contribution in [-0.2, 0) is 0 Å². The fourth-order valence-corrected chi connectivity index (χ4v) is 1.85. The molecule has 2 aromatic carbocycles. The van der Waals surface area contributed by atoms with Gasteiger partial charge in [0.15, 0.2) is 0 Å². The van der Waals surface area contributed by atoms with Crippen molar-refractivity contribution in [1.29, 1.82) is 0 Å². The van der Waals surface area contributed by atoms with Gasteiger partial charge in [-0.05, 0) is 43.3 Å². The van der Waals surface area contributed by atoms with E-state index in [0.29, 0.717) is 23.1 Å². The van der Waals surface area contributed by atoms with E-state index in [1.165, 1.54) is 6.21 Å². The number of para-hydroxylation sites is 1. The molecule has 114 valence electrons. The number of nitrogens with one attached hydrogen (secondary N) is 2. The molecule has 5 nitrogen and oxygen atoms in total. The van der Waals surface area contributed by atoms with Crippen LogP contribution in [0.2, 0.25) is 5.02 Å². The van der Waals surface area contributed by atoms with Gasteiger partial charge in [0.05, 0.1) is 12.8 Å². The largest absolute Gasteiger partial charge is 0.493 e. The number of ether oxygens (including phenoxy) is 1. The van der Waals surface area contributed by atoms with Crippen LogP contribution in [0.4, 0.5) is 10.5 Å². The van der Waals surface area contributed by atoms with E-state index >= 15 is 0 Å². The first-order chi connectivity index (χ1) is 10.7. The van der Waals surface area contributed by atoms with E-state index in [9.17, 15) is 4.79 Å². The summed E-state index contributed by atoms with van der Waals surface area (Å²) in [6.45, 7) is 2.47. The number of rotatable bonds is 5. The molecule has 0 saturated heterocycles. The summed E-state index contributed by atoms with van der Waals surface area (Å²) in [6.07, 6.45) is 1.53. The first-order valence-electron chi connectivity index (χ1n) is 6.76. The minimum Gasteiger partial charge on any atom is -0.493 e. The van der Waals surface area contributed by atoms with Gasteiger partial charge in [0, 0.05) is 16.3 Å². The van der Waals surface area contributed by atoms with Crippen LogP contribution in [0.5, 0.6) is 5.75 Å². The molecule has 6 heteroatoms. The summed E-state index contributed by atoms with van der Waals surface area (Å²) in [5.41, 5.74) is 3.81. The quantitative estimate of drug-likeness (QED) is 0.649. The molecule has 0 unspecified atom stereocenters. The van der Waals surface area contributed by atoms with E-state index < -0.39 is 6.03 Å². The number of carbonyl (C=O) groups is 1. The van der Waals surface area contributed by atoms with E-state index in [-0.39, 0.29) is 0 Å². The van der Waals surface area contributed by atoms with E-state index in [0.717, 1.165) is 5.56 Å². The molecule has 0 aliphatic carbocycles. The number of nitrogens with zero attached hydrogens (tertiary/aromatic N) is 1. The number of benzene rings is 2. The van der Waals surface area contributed by atoms with Gasteiger partial charge < -0.3 is 10.1 Å². The Morgan fingerprint density at radius 3 is 2.68 bits per heavy atom. The van der Waals surface area contributed by atoms with Crippen LogP contribution < -0.4 is 15.5 Å². The lowest BCUT2D eigenvalue weighted by Gasteiger charge is -2.06. The van der Waals surface area contributed by atoms with Gasteiger partial charge in [0.2, 0.25) is 0 Å². The molecular formula is C16H16ClN3O2. The Hall–Kier alpha value is -2.53. The van der Waals surface area contributed by atoms with E-state index in [1.807, 2.05) is 31.2 Å². The zero-order chi connectivity index (χ0) is 15.8. The molecule has 0 aliphatic rings. The highest BCUT2D eigenvalue weighted by Gasteiger charge is 2.01. The van der Waals surface area contributed by atoms with Crippen LogP contribution in [0.1, 0.15) is 12.5 Å². The maximum atomic E-state index is 11.7. The SMILES string of the molecule is CCOc1ccccc1/C=N\NC(=O)Nc1ccc(Cl)cc1. The molecule has 2 rings (SSSR count). The van der Waals surface area contributed by atoms with Gasteiger partial charge in [-0.3, -0.25) is 0 Å². The van der Waals surface area contributed by atoms with Crippen molar-refractivity contribution in [3.05, 3.63) is 59.1 Å². The number of urea groups is 1. The van der Waals surface area contributed by atoms with Crippen LogP contribution >= 0.6 is 11.6 Å². The summed E-state index contributed by atoms with van der Waals surface area (Å²) in [4.78, 5) is 11.7. The van der Waals surface area contributed by atoms with Gasteiger partial charge in [0.1, 0.15) is 5.75 Å². The predicted octanol–water partition coefficient (Wildman–Crippen LogP) is 3.89. The minimum absolute atomic E-state index is 0.438. The monoisotopic (exact) mass is 317 g/mol. The first kappa shape index (κ1) is 15.9. The smallest absolute Gasteiger partial charge is 0.339 e. The molecule has 0 aliphatic heterocycles. The predicted molar refractivity (Wildman–Crippen MR) is 88.8 cm³/mol. The number of hydrogen-bond acceptors (Lipinski definition) is 3. The number of anilines is 1. The Balaban J connectivity index is 1.92. The normalized spacial score (nSPS) is 10.5. The van der Waals surface area contributed by atoms with Crippen molar-refractivity contribution in [3.63, 3.8) is 0 Å². The van der Waals surface area contributed by atoms with Crippen LogP contribution in [0.15, 0.2) is 53.6 Å². The summed E-state index contributed by atoms with van der Waals surface area (Å²) >= 11 is 5.78. The molecule has 0 spiro atoms. The zero-order valence-corrected chi connectivity index (χ0v) is 12.8. The molecule has 0 fully saturated rings. The molecule has 0 saturated carbocycles. The Bertz CT molecular complexity index is 657. The molecule has 0 radical (unpaired) electrons. The second-order valence-corrected chi connectivity index (χ2v) is 4.74. The van der Waals surface area contributed by atoms with Crippen molar-refractivity contribution in [2.24, 2.45) is 5.10 Å². The highest BCUT2D eigenvalue weighted by molar-refractivity contribution is 6.30. The summed E-state index contributed by atoms with van der Waals surface area (Å²) in [6, 6.07) is 13.8. The van der Waals surface area contributed by atoms with Gasteiger partial charge >= 0.3 is 6.03 Å². The van der Waals surface area contributed by atoms with Gasteiger partial charge in [-0.2, -0.15) is 5.10 Å². The van der Waals surface area contributed by atoms with Gasteiger partial charge in [0.25, 0.3) is 0 Å². The van der Waals surface area contributed by atoms with Crippen molar-refractivity contribution in [2.75, 3.05) is 11.9 Å². The van der Waals surface area contributed by atoms with Crippen LogP contribution in [0.25, 0.3) is 0 Å². The summed E-state index contributed by atoms with van der Waals surface area (Å²) in [7, 11) is 0. The summed E-state index contributed by atoms with van der Waals surface area (Å²) < 4.78 is 5.47. The summed E-state index contributed by atoms with van der Waals surface area (Å²) in [5.74, 6) is 0.716. The molecule has 0 bridgehead atoms. The first-order valence-corrected chi connectivity index (χ1v) is 7.14. The zero-order valence-electron chi connectivity index (χ0n) is 12.0. The highest BCUT2D eigenvalue weighted by atomic mass is 35.5. The molecule has 0 aromatic heterocycles. The number of carbonyl (C=O) groups excluding carboxylic acids is 1. The van der Waals surface area contributed by atoms with E-state index in [2.05, 4.69) is 15.8 Å². The number of amides is 2. The number of hydrogen-bond donors (Lipinski definition) is 2. The van der Waals surface area contributed by atoms with Crippen LogP contribution in [0, 0.1) is 0 Å². The average Bonchev–Trinajstić information content (AvgIpc) is 2.51. The number of halogens is 1. The van der Waals surface area contributed by atoms with Crippen molar-refractivity contribution in [1.82, 2.24) is 5.43 Å². The van der Waals surface area contributed by atoms with Crippen LogP contribution in [0.3, 0.4) is 0 Å². The second-order valence-electron chi connectivity index (χ2n) is 4.30. The van der Waals surface area contributed by atoms with E-state index in [1.54, 1.807) is 24.3 Å². The van der Waals surface area contributed by atoms with Crippen LogP contribution in [-0.4, -0.2) is 18.9 Å². The third-order valence-corrected chi connectivity index (χ3v) is 2.94. The maximum Gasteiger partial charge on any atom is 0.339 e. The molecule has 2 amide bonds. The minimum atomic E-state index is -0.438. The third kappa shape index (κ3) is 4.79. The Labute approximate surface area is 133 Å². The van der Waals surface area contributed by atoms with E-state index in [4.69, 9.17) is 16.3 Å². The Kier molecular flexibility index (Phi) is 5.80. The van der Waals surface area contributed by atoms with Gasteiger partial charge in [-0.15, -0.1) is 0 Å². The second kappa shape index (κ2) is 8.05. The third-order valence-electron chi connectivity index (χ3n) is 2.69. The number of hydrazone groups is 1. The van der Waals surface area contributed by atoms with Crippen molar-refractivity contribution in [3.8, 4) is 5.75 Å². The average molecular weight is 318 g/mol. The molecule has 22 heavy (non-hydrogen) atoms. The summed E-state index contributed by atoms with van der Waals surface area (Å²) in [5, 5.41) is 7.15. The van der Waals surface area contributed by atoms with Crippen molar-refractivity contribution in [2.45, 2.75) is 6.92 Å². The van der Waals surface area contributed by atoms with Gasteiger partial charge in [-0.1, -0.05) is 23.7 Å². The fraction of sp³-hybridized carbons (Fsp3) is 0.125. The lowest BCUT2D eigenvalue weighted by Crippen LogP contribution is -2.24. The molecule has 0 heterocycles.